The van der Waals surface area contributed by atoms with Gasteiger partial charge in [-0.3, -0.25) is 0 Å². The minimum absolute atomic E-state index is 0.230. The van der Waals surface area contributed by atoms with Gasteiger partial charge in [-0.05, 0) is 18.2 Å². The number of phenolic OH excluding ortho intramolecular Hbond substituents is 1. The summed E-state index contributed by atoms with van der Waals surface area (Å²) in [6.45, 7) is 0. The maximum Gasteiger partial charge on any atom is 0.156 e. The van der Waals surface area contributed by atoms with Gasteiger partial charge in [0.2, 0.25) is 0 Å². The van der Waals surface area contributed by atoms with Crippen LogP contribution >= 0.6 is 0 Å². The second kappa shape index (κ2) is 3.34. The van der Waals surface area contributed by atoms with Crippen LogP contribution in [-0.2, 0) is 0 Å². The number of nitrogens with one attached hydrogen (secondary N) is 1. The molecule has 3 rings (SSSR count). The summed E-state index contributed by atoms with van der Waals surface area (Å²) in [7, 11) is 0. The molecule has 2 heterocycles. The molecule has 0 spiro atoms. The summed E-state index contributed by atoms with van der Waals surface area (Å²) in [5.41, 5.74) is 3.20. The van der Waals surface area contributed by atoms with Crippen molar-refractivity contribution in [3.05, 3.63) is 42.7 Å². The lowest BCUT2D eigenvalue weighted by Crippen LogP contribution is -1.86. The van der Waals surface area contributed by atoms with Crippen molar-refractivity contribution in [2.24, 2.45) is 0 Å². The van der Waals surface area contributed by atoms with Crippen LogP contribution in [-0.4, -0.2) is 20.1 Å². The van der Waals surface area contributed by atoms with Gasteiger partial charge in [0.15, 0.2) is 5.65 Å². The number of fused-ring (bicyclic) bond motifs is 1. The zero-order valence-corrected chi connectivity index (χ0v) is 8.38. The molecule has 4 heteroatoms. The van der Waals surface area contributed by atoms with Crippen molar-refractivity contribution in [2.75, 3.05) is 0 Å². The number of aromatic amines is 1. The molecule has 0 atom stereocenters. The molecule has 0 bridgehead atoms. The third-order valence-electron chi connectivity index (χ3n) is 2.40. The summed E-state index contributed by atoms with van der Waals surface area (Å²) < 4.78 is 0. The fourth-order valence-electron chi connectivity index (χ4n) is 1.63. The van der Waals surface area contributed by atoms with Gasteiger partial charge in [0.05, 0.1) is 11.9 Å². The fraction of sp³-hybridized carbons (Fsp3) is 0. The lowest BCUT2D eigenvalue weighted by atomic mass is 10.1. The maximum atomic E-state index is 9.39. The van der Waals surface area contributed by atoms with Gasteiger partial charge in [0.25, 0.3) is 0 Å². The Labute approximate surface area is 91.6 Å². The number of nitrogens with zero attached hydrogens (tertiary/aromatic N) is 2. The topological polar surface area (TPSA) is 61.8 Å². The summed E-state index contributed by atoms with van der Waals surface area (Å²) in [5, 5.41) is 9.39. The molecule has 16 heavy (non-hydrogen) atoms. The van der Waals surface area contributed by atoms with Crippen molar-refractivity contribution < 1.29 is 5.11 Å². The molecule has 2 aromatic heterocycles. The maximum absolute atomic E-state index is 9.39. The molecular weight excluding hydrogens is 202 g/mol. The normalized spacial score (nSPS) is 10.8. The second-order valence-electron chi connectivity index (χ2n) is 3.52. The molecule has 0 fully saturated rings. The molecule has 0 aliphatic rings. The molecule has 0 unspecified atom stereocenters. The van der Waals surface area contributed by atoms with Gasteiger partial charge >= 0.3 is 0 Å². The van der Waals surface area contributed by atoms with E-state index in [4.69, 9.17) is 0 Å². The summed E-state index contributed by atoms with van der Waals surface area (Å²) >= 11 is 0. The van der Waals surface area contributed by atoms with Crippen molar-refractivity contribution in [3.8, 4) is 17.0 Å². The van der Waals surface area contributed by atoms with Gasteiger partial charge in [-0.25, -0.2) is 9.97 Å². The summed E-state index contributed by atoms with van der Waals surface area (Å²) in [6.07, 6.45) is 3.49. The van der Waals surface area contributed by atoms with Gasteiger partial charge in [-0.2, -0.15) is 0 Å². The molecule has 1 aromatic carbocycles. The van der Waals surface area contributed by atoms with Crippen LogP contribution in [0.2, 0.25) is 0 Å². The summed E-state index contributed by atoms with van der Waals surface area (Å²) in [5.74, 6) is 0.230. The first kappa shape index (κ1) is 8.91. The highest BCUT2D eigenvalue weighted by molar-refractivity contribution is 5.74. The average Bonchev–Trinajstić information content (AvgIpc) is 2.75. The average molecular weight is 211 g/mol. The quantitative estimate of drug-likeness (QED) is 0.649. The van der Waals surface area contributed by atoms with E-state index in [2.05, 4.69) is 15.0 Å². The molecule has 0 aliphatic carbocycles. The Bertz CT molecular complexity index is 645. The van der Waals surface area contributed by atoms with E-state index in [0.717, 1.165) is 22.4 Å². The zero-order chi connectivity index (χ0) is 11.0. The van der Waals surface area contributed by atoms with Crippen LogP contribution in [0, 0.1) is 0 Å². The fourth-order valence-corrected chi connectivity index (χ4v) is 1.63. The Morgan fingerprint density at radius 2 is 2.12 bits per heavy atom. The first-order valence-corrected chi connectivity index (χ1v) is 4.92. The lowest BCUT2D eigenvalue weighted by molar-refractivity contribution is 0.475. The van der Waals surface area contributed by atoms with E-state index in [9.17, 15) is 5.11 Å². The monoisotopic (exact) mass is 211 g/mol. The Kier molecular flexibility index (Phi) is 1.86. The van der Waals surface area contributed by atoms with Crippen LogP contribution in [0.3, 0.4) is 0 Å². The predicted molar refractivity (Wildman–Crippen MR) is 61.0 cm³/mol. The van der Waals surface area contributed by atoms with Crippen LogP contribution in [0.4, 0.5) is 0 Å². The minimum Gasteiger partial charge on any atom is -0.508 e. The van der Waals surface area contributed by atoms with Crippen LogP contribution in [0.1, 0.15) is 0 Å². The smallest absolute Gasteiger partial charge is 0.156 e. The number of H-pyrrole nitrogens is 1. The molecule has 78 valence electrons. The third kappa shape index (κ3) is 1.40. The summed E-state index contributed by atoms with van der Waals surface area (Å²) in [4.78, 5) is 11.7. The van der Waals surface area contributed by atoms with Gasteiger partial charge in [0, 0.05) is 11.8 Å². The van der Waals surface area contributed by atoms with Crippen molar-refractivity contribution in [1.82, 2.24) is 15.0 Å². The molecule has 0 amide bonds. The number of aromatic hydroxyl groups is 1. The number of hydrogen-bond acceptors (Lipinski definition) is 3. The molecule has 0 radical (unpaired) electrons. The molecule has 0 aliphatic heterocycles. The van der Waals surface area contributed by atoms with E-state index in [1.807, 2.05) is 12.1 Å². The molecule has 0 saturated carbocycles. The molecular formula is C12H9N3O. The van der Waals surface area contributed by atoms with Crippen LogP contribution in [0.25, 0.3) is 22.4 Å². The van der Waals surface area contributed by atoms with Crippen molar-refractivity contribution in [2.45, 2.75) is 0 Å². The Hall–Kier alpha value is -2.36. The lowest BCUT2D eigenvalue weighted by Gasteiger charge is -2.00. The number of benzene rings is 1. The van der Waals surface area contributed by atoms with E-state index in [1.165, 1.54) is 0 Å². The summed E-state index contributed by atoms with van der Waals surface area (Å²) in [6, 6.07) is 8.85. The van der Waals surface area contributed by atoms with Gasteiger partial charge in [0.1, 0.15) is 11.3 Å². The van der Waals surface area contributed by atoms with Gasteiger partial charge < -0.3 is 10.1 Å². The predicted octanol–water partition coefficient (Wildman–Crippen LogP) is 2.33. The first-order valence-electron chi connectivity index (χ1n) is 4.92. The van der Waals surface area contributed by atoms with Crippen LogP contribution in [0.5, 0.6) is 5.75 Å². The van der Waals surface area contributed by atoms with Gasteiger partial charge in [-0.15, -0.1) is 0 Å². The number of phenols is 1. The van der Waals surface area contributed by atoms with E-state index in [0.29, 0.717) is 0 Å². The third-order valence-corrected chi connectivity index (χ3v) is 2.40. The molecule has 0 saturated heterocycles. The zero-order valence-electron chi connectivity index (χ0n) is 8.38. The SMILES string of the molecule is Oc1cccc(-c2cnc3[nH]ccc3n2)c1. The van der Waals surface area contributed by atoms with E-state index < -0.39 is 0 Å². The minimum atomic E-state index is 0.230. The van der Waals surface area contributed by atoms with Crippen LogP contribution < -0.4 is 0 Å². The number of hydrogen-bond donors (Lipinski definition) is 2. The van der Waals surface area contributed by atoms with Crippen molar-refractivity contribution in [3.63, 3.8) is 0 Å². The number of rotatable bonds is 1. The highest BCUT2D eigenvalue weighted by atomic mass is 16.3. The van der Waals surface area contributed by atoms with E-state index in [1.54, 1.807) is 30.6 Å². The van der Waals surface area contributed by atoms with Crippen LogP contribution in [0.15, 0.2) is 42.7 Å². The standard InChI is InChI=1S/C12H9N3O/c16-9-3-1-2-8(6-9)11-7-14-12-10(15-11)4-5-13-12/h1-7,16H,(H,13,14). The van der Waals surface area contributed by atoms with Gasteiger partial charge in [-0.1, -0.05) is 12.1 Å². The van der Waals surface area contributed by atoms with E-state index >= 15 is 0 Å². The molecule has 3 aromatic rings. The Morgan fingerprint density at radius 3 is 3.00 bits per heavy atom. The highest BCUT2D eigenvalue weighted by Gasteiger charge is 2.03. The molecule has 4 nitrogen and oxygen atoms in total. The number of aromatic nitrogens is 3. The molecule has 2 N–H and O–H groups in total. The van der Waals surface area contributed by atoms with E-state index in [-0.39, 0.29) is 5.75 Å². The highest BCUT2D eigenvalue weighted by Crippen LogP contribution is 2.22. The van der Waals surface area contributed by atoms with Crippen molar-refractivity contribution >= 4 is 11.2 Å². The first-order chi connectivity index (χ1) is 7.83. The second-order valence-corrected chi connectivity index (χ2v) is 3.52. The Balaban J connectivity index is 2.18. The largest absolute Gasteiger partial charge is 0.508 e. The Morgan fingerprint density at radius 1 is 1.19 bits per heavy atom. The van der Waals surface area contributed by atoms with Crippen molar-refractivity contribution in [1.29, 1.82) is 0 Å².